The maximum atomic E-state index is 12.4. The number of rotatable bonds is 6. The van der Waals surface area contributed by atoms with Gasteiger partial charge < -0.3 is 23.2 Å². The van der Waals surface area contributed by atoms with Gasteiger partial charge in [-0.3, -0.25) is 9.36 Å². The average Bonchev–Trinajstić information content (AvgIpc) is 2.78. The Bertz CT molecular complexity index is 673. The van der Waals surface area contributed by atoms with E-state index in [1.165, 1.54) is 51.4 Å². The van der Waals surface area contributed by atoms with Gasteiger partial charge in [0.2, 0.25) is 0 Å². The summed E-state index contributed by atoms with van der Waals surface area (Å²) in [4.78, 5) is 24.8. The van der Waals surface area contributed by atoms with Crippen molar-refractivity contribution in [3.8, 4) is 0 Å². The quantitative estimate of drug-likeness (QED) is 0.170. The second-order valence-electron chi connectivity index (χ2n) is 10.9. The Morgan fingerprint density at radius 1 is 0.861 bits per heavy atom. The number of hydrogen-bond acceptors (Lipinski definition) is 6. The van der Waals surface area contributed by atoms with Crippen LogP contribution in [0.25, 0.3) is 0 Å². The third-order valence-corrected chi connectivity index (χ3v) is 7.27. The smallest absolute Gasteiger partial charge is 0.308 e. The van der Waals surface area contributed by atoms with E-state index in [1.807, 2.05) is 27.2 Å². The molecule has 1 aliphatic heterocycles. The number of ether oxygens (including phenoxy) is 1. The van der Waals surface area contributed by atoms with Crippen LogP contribution in [0.5, 0.6) is 0 Å². The third-order valence-electron chi connectivity index (χ3n) is 6.21. The first kappa shape index (κ1) is 33.0. The van der Waals surface area contributed by atoms with E-state index in [4.69, 9.17) is 13.8 Å². The van der Waals surface area contributed by atoms with E-state index in [0.717, 1.165) is 32.1 Å². The van der Waals surface area contributed by atoms with Crippen molar-refractivity contribution in [2.45, 2.75) is 109 Å². The van der Waals surface area contributed by atoms with Crippen LogP contribution >= 0.6 is 7.82 Å². The summed E-state index contributed by atoms with van der Waals surface area (Å²) in [6, 6.07) is 0. The Morgan fingerprint density at radius 2 is 1.39 bits per heavy atom. The molecule has 0 bridgehead atoms. The molecule has 210 valence electrons. The highest BCUT2D eigenvalue weighted by atomic mass is 31.2. The lowest BCUT2D eigenvalue weighted by Gasteiger charge is -2.30. The number of carbonyl (C=O) groups is 1. The number of nitrogens with zero attached hydrogens (tertiary/aromatic N) is 1. The molecule has 36 heavy (non-hydrogen) atoms. The first-order chi connectivity index (χ1) is 17.2. The van der Waals surface area contributed by atoms with E-state index in [1.54, 1.807) is 0 Å². The summed E-state index contributed by atoms with van der Waals surface area (Å²) in [5.41, 5.74) is 0. The Kier molecular flexibility index (Phi) is 18.4. The standard InChI is InChI=1S/C28H52NO6P/c1-29(2,3)23-25-34-36(31,32)35-27-22-20-18-16-14-12-10-8-6-4-5-7-9-11-13-15-17-19-21-24-33-28(30)26-27/h9,11,17,19,27H,4-8,10,12-16,18,20-26H2,1-3H3/b11-9+,19-17?/t27-/m0/s1. The van der Waals surface area contributed by atoms with Crippen LogP contribution in [0.2, 0.25) is 0 Å². The number of quaternary nitrogens is 1. The Labute approximate surface area is 220 Å². The molecule has 0 spiro atoms. The maximum Gasteiger partial charge on any atom is 0.308 e. The number of hydrogen-bond donors (Lipinski definition) is 0. The van der Waals surface area contributed by atoms with Crippen LogP contribution in [0, 0.1) is 0 Å². The normalized spacial score (nSPS) is 24.2. The molecule has 0 aromatic rings. The second-order valence-corrected chi connectivity index (χ2v) is 12.2. The zero-order valence-electron chi connectivity index (χ0n) is 23.2. The molecule has 0 saturated heterocycles. The van der Waals surface area contributed by atoms with Crippen molar-refractivity contribution in [2.75, 3.05) is 40.9 Å². The summed E-state index contributed by atoms with van der Waals surface area (Å²) in [6.45, 7) is 0.864. The first-order valence-corrected chi connectivity index (χ1v) is 15.5. The van der Waals surface area contributed by atoms with Gasteiger partial charge in [0.25, 0.3) is 7.82 Å². The van der Waals surface area contributed by atoms with E-state index in [2.05, 4.69) is 18.2 Å². The molecular weight excluding hydrogens is 477 g/mol. The van der Waals surface area contributed by atoms with Gasteiger partial charge in [0.15, 0.2) is 0 Å². The van der Waals surface area contributed by atoms with Crippen molar-refractivity contribution in [3.63, 3.8) is 0 Å². The summed E-state index contributed by atoms with van der Waals surface area (Å²) in [5.74, 6) is -0.433. The van der Waals surface area contributed by atoms with Crippen molar-refractivity contribution >= 4 is 13.8 Å². The fourth-order valence-corrected chi connectivity index (χ4v) is 4.94. The number of carbonyl (C=O) groups excluding carboxylic acids is 1. The molecule has 1 heterocycles. The molecule has 2 atom stereocenters. The number of cyclic esters (lactones) is 1. The lowest BCUT2D eigenvalue weighted by atomic mass is 10.0. The number of esters is 1. The number of allylic oxidation sites excluding steroid dienone is 3. The van der Waals surface area contributed by atoms with E-state index in [9.17, 15) is 14.3 Å². The monoisotopic (exact) mass is 529 g/mol. The summed E-state index contributed by atoms with van der Waals surface area (Å²) in [5, 5.41) is 0. The van der Waals surface area contributed by atoms with Gasteiger partial charge in [-0.25, -0.2) is 0 Å². The van der Waals surface area contributed by atoms with E-state index >= 15 is 0 Å². The van der Waals surface area contributed by atoms with E-state index < -0.39 is 19.9 Å². The molecule has 0 amide bonds. The van der Waals surface area contributed by atoms with Gasteiger partial charge in [0, 0.05) is 0 Å². The topological polar surface area (TPSA) is 84.9 Å². The summed E-state index contributed by atoms with van der Waals surface area (Å²) < 4.78 is 28.7. The zero-order valence-corrected chi connectivity index (χ0v) is 24.1. The predicted octanol–water partition coefficient (Wildman–Crippen LogP) is 6.47. The van der Waals surface area contributed by atoms with Gasteiger partial charge >= 0.3 is 5.97 Å². The molecule has 0 saturated carbocycles. The van der Waals surface area contributed by atoms with E-state index in [-0.39, 0.29) is 19.6 Å². The molecule has 0 radical (unpaired) electrons. The van der Waals surface area contributed by atoms with Crippen molar-refractivity contribution in [1.29, 1.82) is 0 Å². The van der Waals surface area contributed by atoms with Crippen LogP contribution in [-0.2, 0) is 23.1 Å². The summed E-state index contributed by atoms with van der Waals surface area (Å²) in [7, 11) is 1.39. The van der Waals surface area contributed by atoms with Gasteiger partial charge in [-0.2, -0.15) is 0 Å². The molecule has 8 heteroatoms. The predicted molar refractivity (Wildman–Crippen MR) is 144 cm³/mol. The average molecular weight is 530 g/mol. The van der Waals surface area contributed by atoms with E-state index in [0.29, 0.717) is 23.9 Å². The number of phosphoric ester groups is 1. The molecule has 1 aliphatic rings. The third kappa shape index (κ3) is 21.1. The molecule has 1 unspecified atom stereocenters. The van der Waals surface area contributed by atoms with Crippen LogP contribution < -0.4 is 4.89 Å². The van der Waals surface area contributed by atoms with Crippen molar-refractivity contribution in [1.82, 2.24) is 0 Å². The highest BCUT2D eigenvalue weighted by Crippen LogP contribution is 2.41. The van der Waals surface area contributed by atoms with Crippen molar-refractivity contribution in [2.24, 2.45) is 0 Å². The minimum atomic E-state index is -4.50. The molecular formula is C28H52NO6P. The Hall–Kier alpha value is -0.980. The van der Waals surface area contributed by atoms with Crippen LogP contribution in [0.3, 0.4) is 0 Å². The van der Waals surface area contributed by atoms with Crippen molar-refractivity contribution < 1.29 is 32.5 Å². The van der Waals surface area contributed by atoms with Gasteiger partial charge in [0.05, 0.1) is 40.3 Å². The Morgan fingerprint density at radius 3 is 2.00 bits per heavy atom. The largest absolute Gasteiger partial charge is 0.756 e. The van der Waals surface area contributed by atoms with Crippen molar-refractivity contribution in [3.05, 3.63) is 24.3 Å². The van der Waals surface area contributed by atoms with Crippen LogP contribution in [-0.4, -0.2) is 57.5 Å². The lowest BCUT2D eigenvalue weighted by molar-refractivity contribution is -0.870. The maximum absolute atomic E-state index is 12.4. The lowest BCUT2D eigenvalue weighted by Crippen LogP contribution is -2.37. The Balaban J connectivity index is 2.58. The summed E-state index contributed by atoms with van der Waals surface area (Å²) in [6.07, 6.45) is 24.0. The van der Waals surface area contributed by atoms with Crippen LogP contribution in [0.15, 0.2) is 24.3 Å². The zero-order chi connectivity index (χ0) is 26.5. The fraction of sp³-hybridized carbons (Fsp3) is 0.821. The van der Waals surface area contributed by atoms with Crippen LogP contribution in [0.4, 0.5) is 0 Å². The number of phosphoric acid groups is 1. The fourth-order valence-electron chi connectivity index (χ4n) is 4.03. The van der Waals surface area contributed by atoms with Gasteiger partial charge in [-0.15, -0.1) is 0 Å². The van der Waals surface area contributed by atoms with Gasteiger partial charge in [0.1, 0.15) is 13.2 Å². The van der Waals surface area contributed by atoms with Crippen LogP contribution in [0.1, 0.15) is 103 Å². The molecule has 0 fully saturated rings. The minimum absolute atomic E-state index is 0.0452. The minimum Gasteiger partial charge on any atom is -0.756 e. The molecule has 0 aromatic heterocycles. The molecule has 1 rings (SSSR count). The second kappa shape index (κ2) is 20.0. The summed E-state index contributed by atoms with van der Waals surface area (Å²) >= 11 is 0. The SMILES string of the molecule is C[N+](C)(C)CCOP(=O)([O-])O[C@H]1CCCCCCCCCCCC/C=C/CCC=CCCOC(=O)C1. The highest BCUT2D eigenvalue weighted by molar-refractivity contribution is 7.45. The number of likely N-dealkylation sites (N-methyl/N-ethyl adjacent to an activating group) is 1. The van der Waals surface area contributed by atoms with Gasteiger partial charge in [-0.05, 0) is 38.5 Å². The molecule has 0 N–H and O–H groups in total. The molecule has 0 aromatic carbocycles. The first-order valence-electron chi connectivity index (χ1n) is 14.1. The molecule has 7 nitrogen and oxygen atoms in total. The molecule has 0 aliphatic carbocycles. The van der Waals surface area contributed by atoms with Gasteiger partial charge in [-0.1, -0.05) is 82.1 Å². The highest BCUT2D eigenvalue weighted by Gasteiger charge is 2.22.